The van der Waals surface area contributed by atoms with E-state index in [0.29, 0.717) is 11.0 Å². The van der Waals surface area contributed by atoms with Gasteiger partial charge in [0.1, 0.15) is 21.7 Å². The van der Waals surface area contributed by atoms with Gasteiger partial charge < -0.3 is 4.74 Å². The number of nitrogens with one attached hydrogen (secondary N) is 1. The monoisotopic (exact) mass is 413 g/mol. The minimum atomic E-state index is -3.69. The molecule has 0 aliphatic carbocycles. The molecule has 120 valence electrons. The van der Waals surface area contributed by atoms with Gasteiger partial charge in [0.25, 0.3) is 0 Å². The van der Waals surface area contributed by atoms with Crippen molar-refractivity contribution in [3.05, 3.63) is 46.4 Å². The summed E-state index contributed by atoms with van der Waals surface area (Å²) in [6.07, 6.45) is 0. The number of fused-ring (bicyclic) bond motifs is 1. The van der Waals surface area contributed by atoms with Crippen LogP contribution in [0.2, 0.25) is 0 Å². The third-order valence-electron chi connectivity index (χ3n) is 3.24. The number of benzene rings is 2. The fourth-order valence-electron chi connectivity index (χ4n) is 2.03. The molecule has 0 saturated heterocycles. The maximum absolute atomic E-state index is 12.5. The molecular formula is C14H12BrN3O3S2. The van der Waals surface area contributed by atoms with E-state index in [1.165, 1.54) is 6.07 Å². The predicted molar refractivity (Wildman–Crippen MR) is 92.1 cm³/mol. The van der Waals surface area contributed by atoms with Crippen LogP contribution in [0.4, 0.5) is 0 Å². The van der Waals surface area contributed by atoms with Gasteiger partial charge in [-0.2, -0.15) is 8.75 Å². The first-order valence-corrected chi connectivity index (χ1v) is 9.55. The molecule has 0 atom stereocenters. The first-order valence-electron chi connectivity index (χ1n) is 6.54. The van der Waals surface area contributed by atoms with E-state index >= 15 is 0 Å². The largest absolute Gasteiger partial charge is 0.497 e. The zero-order valence-electron chi connectivity index (χ0n) is 12.0. The van der Waals surface area contributed by atoms with Gasteiger partial charge in [0.15, 0.2) is 0 Å². The van der Waals surface area contributed by atoms with Crippen LogP contribution >= 0.6 is 27.7 Å². The van der Waals surface area contributed by atoms with Gasteiger partial charge in [0.2, 0.25) is 10.0 Å². The maximum atomic E-state index is 12.5. The Morgan fingerprint density at radius 2 is 1.83 bits per heavy atom. The first kappa shape index (κ1) is 16.3. The van der Waals surface area contributed by atoms with Crippen molar-refractivity contribution in [2.75, 3.05) is 7.11 Å². The van der Waals surface area contributed by atoms with Gasteiger partial charge in [-0.15, -0.1) is 0 Å². The van der Waals surface area contributed by atoms with Crippen LogP contribution in [-0.2, 0) is 16.6 Å². The third kappa shape index (κ3) is 3.37. The average molecular weight is 414 g/mol. The molecular weight excluding hydrogens is 402 g/mol. The summed E-state index contributed by atoms with van der Waals surface area (Å²) in [5.74, 6) is 0.722. The molecule has 0 aliphatic heterocycles. The van der Waals surface area contributed by atoms with E-state index in [1.807, 2.05) is 12.1 Å². The summed E-state index contributed by atoms with van der Waals surface area (Å²) < 4.78 is 41.6. The number of hydrogen-bond acceptors (Lipinski definition) is 6. The van der Waals surface area contributed by atoms with Crippen molar-refractivity contribution < 1.29 is 13.2 Å². The Labute approximate surface area is 146 Å². The second-order valence-electron chi connectivity index (χ2n) is 4.68. The highest BCUT2D eigenvalue weighted by atomic mass is 79.9. The van der Waals surface area contributed by atoms with Crippen LogP contribution in [0.1, 0.15) is 5.56 Å². The predicted octanol–water partition coefficient (Wildman–Crippen LogP) is 2.94. The van der Waals surface area contributed by atoms with Crippen LogP contribution in [0, 0.1) is 0 Å². The molecule has 0 amide bonds. The van der Waals surface area contributed by atoms with Crippen LogP contribution in [0.25, 0.3) is 11.0 Å². The standard InChI is InChI=1S/C14H12BrN3O3S2/c1-21-10-4-2-9(3-5-10)8-16-23(19,20)12-7-6-11(15)13-14(12)18-22-17-13/h2-7,16H,8H2,1H3. The van der Waals surface area contributed by atoms with Gasteiger partial charge in [-0.25, -0.2) is 13.1 Å². The lowest BCUT2D eigenvalue weighted by Gasteiger charge is -2.08. The number of nitrogens with zero attached hydrogens (tertiary/aromatic N) is 2. The van der Waals surface area contributed by atoms with Crippen molar-refractivity contribution in [2.45, 2.75) is 11.4 Å². The number of hydrogen-bond donors (Lipinski definition) is 1. The Hall–Kier alpha value is -1.55. The average Bonchev–Trinajstić information content (AvgIpc) is 3.04. The SMILES string of the molecule is COc1ccc(CNS(=O)(=O)c2ccc(Br)c3nsnc23)cc1. The van der Waals surface area contributed by atoms with E-state index in [0.717, 1.165) is 27.5 Å². The minimum absolute atomic E-state index is 0.123. The maximum Gasteiger partial charge on any atom is 0.243 e. The third-order valence-corrected chi connectivity index (χ3v) is 5.85. The molecule has 3 rings (SSSR count). The Bertz CT molecular complexity index is 940. The molecule has 1 heterocycles. The zero-order chi connectivity index (χ0) is 16.4. The summed E-state index contributed by atoms with van der Waals surface area (Å²) in [4.78, 5) is 0.123. The quantitative estimate of drug-likeness (QED) is 0.695. The fourth-order valence-corrected chi connectivity index (χ4v) is 4.34. The van der Waals surface area contributed by atoms with Gasteiger partial charge >= 0.3 is 0 Å². The lowest BCUT2D eigenvalue weighted by atomic mass is 10.2. The summed E-state index contributed by atoms with van der Waals surface area (Å²) in [6.45, 7) is 0.182. The van der Waals surface area contributed by atoms with E-state index in [1.54, 1.807) is 25.3 Å². The molecule has 1 N–H and O–H groups in total. The highest BCUT2D eigenvalue weighted by Crippen LogP contribution is 2.28. The van der Waals surface area contributed by atoms with Crippen molar-refractivity contribution in [3.8, 4) is 5.75 Å². The van der Waals surface area contributed by atoms with Gasteiger partial charge in [-0.3, -0.25) is 0 Å². The molecule has 0 fully saturated rings. The number of halogens is 1. The van der Waals surface area contributed by atoms with Crippen LogP contribution in [-0.4, -0.2) is 24.3 Å². The van der Waals surface area contributed by atoms with Gasteiger partial charge in [-0.05, 0) is 45.8 Å². The molecule has 0 radical (unpaired) electrons. The summed E-state index contributed by atoms with van der Waals surface area (Å²) in [5, 5.41) is 0. The zero-order valence-corrected chi connectivity index (χ0v) is 15.2. The molecule has 0 saturated carbocycles. The Kier molecular flexibility index (Phi) is 4.62. The van der Waals surface area contributed by atoms with Crippen LogP contribution in [0.15, 0.2) is 45.8 Å². The number of methoxy groups -OCH3 is 1. The summed E-state index contributed by atoms with van der Waals surface area (Å²) in [5.41, 5.74) is 1.74. The highest BCUT2D eigenvalue weighted by Gasteiger charge is 2.20. The van der Waals surface area contributed by atoms with Crippen LogP contribution in [0.3, 0.4) is 0 Å². The number of ether oxygens (including phenoxy) is 1. The second-order valence-corrected chi connectivity index (χ2v) is 7.80. The first-order chi connectivity index (χ1) is 11.0. The molecule has 1 aromatic heterocycles. The number of sulfonamides is 1. The van der Waals surface area contributed by atoms with E-state index in [-0.39, 0.29) is 11.4 Å². The molecule has 0 aliphatic rings. The van der Waals surface area contributed by atoms with E-state index in [2.05, 4.69) is 29.4 Å². The van der Waals surface area contributed by atoms with Crippen molar-refractivity contribution >= 4 is 48.7 Å². The number of aromatic nitrogens is 2. The second kappa shape index (κ2) is 6.52. The van der Waals surface area contributed by atoms with Crippen LogP contribution in [0.5, 0.6) is 5.75 Å². The Morgan fingerprint density at radius 1 is 1.13 bits per heavy atom. The van der Waals surface area contributed by atoms with Gasteiger partial charge in [0.05, 0.1) is 18.8 Å². The van der Waals surface area contributed by atoms with Crippen molar-refractivity contribution in [1.29, 1.82) is 0 Å². The molecule has 0 unspecified atom stereocenters. The summed E-state index contributed by atoms with van der Waals surface area (Å²) in [7, 11) is -2.10. The van der Waals surface area contributed by atoms with Gasteiger partial charge in [0, 0.05) is 11.0 Å². The normalized spacial score (nSPS) is 11.7. The molecule has 3 aromatic rings. The molecule has 9 heteroatoms. The van der Waals surface area contributed by atoms with Gasteiger partial charge in [-0.1, -0.05) is 12.1 Å². The van der Waals surface area contributed by atoms with E-state index in [9.17, 15) is 8.42 Å². The lowest BCUT2D eigenvalue weighted by molar-refractivity contribution is 0.414. The van der Waals surface area contributed by atoms with E-state index in [4.69, 9.17) is 4.74 Å². The minimum Gasteiger partial charge on any atom is -0.497 e. The van der Waals surface area contributed by atoms with Crippen molar-refractivity contribution in [3.63, 3.8) is 0 Å². The summed E-state index contributed by atoms with van der Waals surface area (Å²) in [6, 6.07) is 10.4. The van der Waals surface area contributed by atoms with E-state index < -0.39 is 10.0 Å². The topological polar surface area (TPSA) is 81.2 Å². The highest BCUT2D eigenvalue weighted by molar-refractivity contribution is 9.10. The van der Waals surface area contributed by atoms with Crippen molar-refractivity contribution in [1.82, 2.24) is 13.5 Å². The molecule has 0 spiro atoms. The Balaban J connectivity index is 1.85. The summed E-state index contributed by atoms with van der Waals surface area (Å²) >= 11 is 4.32. The lowest BCUT2D eigenvalue weighted by Crippen LogP contribution is -2.23. The molecule has 23 heavy (non-hydrogen) atoms. The molecule has 2 aromatic carbocycles. The Morgan fingerprint density at radius 3 is 2.52 bits per heavy atom. The fraction of sp³-hybridized carbons (Fsp3) is 0.143. The van der Waals surface area contributed by atoms with Crippen LogP contribution < -0.4 is 9.46 Å². The molecule has 6 nitrogen and oxygen atoms in total. The smallest absolute Gasteiger partial charge is 0.243 e. The van der Waals surface area contributed by atoms with Crippen molar-refractivity contribution in [2.24, 2.45) is 0 Å². The molecule has 0 bridgehead atoms. The number of rotatable bonds is 5.